The molecule has 35 heavy (non-hydrogen) atoms. The minimum atomic E-state index is -0.476. The second-order valence-electron chi connectivity index (χ2n) is 8.37. The number of aromatic nitrogens is 3. The number of furan rings is 1. The molecule has 0 bridgehead atoms. The Hall–Kier alpha value is -3.57. The number of halogens is 1. The first-order valence-electron chi connectivity index (χ1n) is 11.3. The molecule has 0 aromatic carbocycles. The van der Waals surface area contributed by atoms with Gasteiger partial charge in [0.2, 0.25) is 11.9 Å². The van der Waals surface area contributed by atoms with Gasteiger partial charge in [-0.2, -0.15) is 4.39 Å². The van der Waals surface area contributed by atoms with Crippen LogP contribution in [0.3, 0.4) is 0 Å². The topological polar surface area (TPSA) is 122 Å². The third-order valence-corrected chi connectivity index (χ3v) is 6.87. The van der Waals surface area contributed by atoms with Crippen molar-refractivity contribution in [1.29, 1.82) is 0 Å². The molecule has 0 atom stereocenters. The number of anilines is 1. The van der Waals surface area contributed by atoms with E-state index in [0.29, 0.717) is 28.7 Å². The van der Waals surface area contributed by atoms with E-state index in [1.165, 1.54) is 6.20 Å². The summed E-state index contributed by atoms with van der Waals surface area (Å²) in [7, 11) is 0. The largest absolute Gasteiger partial charge is 0.472 e. The van der Waals surface area contributed by atoms with Crippen LogP contribution in [0.1, 0.15) is 36.9 Å². The van der Waals surface area contributed by atoms with E-state index in [1.54, 1.807) is 36.9 Å². The maximum absolute atomic E-state index is 14.5. The predicted octanol–water partition coefficient (Wildman–Crippen LogP) is 4.11. The lowest BCUT2D eigenvalue weighted by Gasteiger charge is -2.30. The summed E-state index contributed by atoms with van der Waals surface area (Å²) in [5.41, 5.74) is 2.69. The molecule has 0 radical (unpaired) electrons. The van der Waals surface area contributed by atoms with E-state index in [-0.39, 0.29) is 17.3 Å². The number of imide groups is 1. The van der Waals surface area contributed by atoms with Crippen LogP contribution in [0.15, 0.2) is 52.4 Å². The van der Waals surface area contributed by atoms with Crippen LogP contribution in [-0.2, 0) is 11.3 Å². The lowest BCUT2D eigenvalue weighted by Crippen LogP contribution is -2.37. The molecule has 3 N–H and O–H groups in total. The summed E-state index contributed by atoms with van der Waals surface area (Å²) >= 11 is 0.856. The van der Waals surface area contributed by atoms with E-state index < -0.39 is 11.9 Å². The van der Waals surface area contributed by atoms with Crippen LogP contribution in [0.25, 0.3) is 17.2 Å². The van der Waals surface area contributed by atoms with Gasteiger partial charge in [-0.05, 0) is 67.3 Å². The van der Waals surface area contributed by atoms with Crippen molar-refractivity contribution in [3.05, 3.63) is 65.2 Å². The van der Waals surface area contributed by atoms with Crippen molar-refractivity contribution < 1.29 is 18.4 Å². The van der Waals surface area contributed by atoms with Crippen LogP contribution in [-0.4, -0.2) is 38.2 Å². The average Bonchev–Trinajstić information content (AvgIpc) is 3.49. The Bertz CT molecular complexity index is 1260. The Kier molecular flexibility index (Phi) is 6.87. The summed E-state index contributed by atoms with van der Waals surface area (Å²) in [6.07, 6.45) is 11.5. The number of thioether (sulfide) groups is 1. The number of pyridine rings is 1. The number of carbonyl (C=O) groups excluding carboxylic acids is 2. The molecule has 1 aliphatic heterocycles. The average molecular weight is 495 g/mol. The summed E-state index contributed by atoms with van der Waals surface area (Å²) in [6.45, 7) is 0.386. The molecule has 1 saturated carbocycles. The van der Waals surface area contributed by atoms with Gasteiger partial charge in [0.05, 0.1) is 23.1 Å². The van der Waals surface area contributed by atoms with Crippen molar-refractivity contribution in [3.63, 3.8) is 0 Å². The maximum atomic E-state index is 14.5. The Morgan fingerprint density at radius 3 is 2.66 bits per heavy atom. The van der Waals surface area contributed by atoms with Crippen LogP contribution in [0.5, 0.6) is 0 Å². The smallest absolute Gasteiger partial charge is 0.290 e. The summed E-state index contributed by atoms with van der Waals surface area (Å²) in [4.78, 5) is 35.9. The molecule has 2 aliphatic rings. The van der Waals surface area contributed by atoms with Crippen LogP contribution in [0.4, 0.5) is 15.1 Å². The second kappa shape index (κ2) is 10.4. The monoisotopic (exact) mass is 494 g/mol. The lowest BCUT2D eigenvalue weighted by molar-refractivity contribution is -0.115. The van der Waals surface area contributed by atoms with Gasteiger partial charge in [0.25, 0.3) is 11.1 Å². The first-order chi connectivity index (χ1) is 17.0. The van der Waals surface area contributed by atoms with Crippen molar-refractivity contribution in [2.45, 2.75) is 44.3 Å². The summed E-state index contributed by atoms with van der Waals surface area (Å²) in [5, 5.41) is 8.68. The van der Waals surface area contributed by atoms with E-state index in [2.05, 4.69) is 30.9 Å². The predicted molar refractivity (Wildman–Crippen MR) is 130 cm³/mol. The molecule has 5 rings (SSSR count). The van der Waals surface area contributed by atoms with Gasteiger partial charge >= 0.3 is 0 Å². The number of nitrogens with one attached hydrogen (secondary N) is 3. The molecule has 11 heteroatoms. The fourth-order valence-electron chi connectivity index (χ4n) is 4.27. The van der Waals surface area contributed by atoms with E-state index >= 15 is 0 Å². The number of nitrogens with zero attached hydrogens (tertiary/aromatic N) is 3. The second-order valence-corrected chi connectivity index (χ2v) is 9.39. The summed E-state index contributed by atoms with van der Waals surface area (Å²) in [6, 6.07) is 5.76. The Morgan fingerprint density at radius 2 is 1.91 bits per heavy atom. The Labute approximate surface area is 205 Å². The van der Waals surface area contributed by atoms with Crippen LogP contribution in [0.2, 0.25) is 0 Å². The van der Waals surface area contributed by atoms with E-state index in [9.17, 15) is 14.0 Å². The zero-order valence-corrected chi connectivity index (χ0v) is 19.5. The first kappa shape index (κ1) is 23.2. The van der Waals surface area contributed by atoms with Crippen LogP contribution in [0, 0.1) is 5.95 Å². The number of hydrogen-bond donors (Lipinski definition) is 3. The highest BCUT2D eigenvalue weighted by Gasteiger charge is 2.26. The van der Waals surface area contributed by atoms with Crippen molar-refractivity contribution in [1.82, 2.24) is 25.6 Å². The SMILES string of the molecule is O=C1NC(=O)/C(=C/c2ccnc(N[C@H]3CC[C@H](NCc4c(-c5ccoc5)ccnc4F)CC3)n2)S1. The molecule has 4 heterocycles. The van der Waals surface area contributed by atoms with Gasteiger partial charge in [-0.1, -0.05) is 0 Å². The fraction of sp³-hybridized carbons (Fsp3) is 0.292. The van der Waals surface area contributed by atoms with Gasteiger partial charge in [-0.3, -0.25) is 14.9 Å². The minimum absolute atomic E-state index is 0.207. The number of carbonyl (C=O) groups is 2. The molecule has 180 valence electrons. The normalized spacial score (nSPS) is 21.3. The molecule has 3 aromatic heterocycles. The van der Waals surface area contributed by atoms with E-state index in [0.717, 1.165) is 48.6 Å². The van der Waals surface area contributed by atoms with Gasteiger partial charge in [0, 0.05) is 42.1 Å². The van der Waals surface area contributed by atoms with E-state index in [4.69, 9.17) is 4.42 Å². The highest BCUT2D eigenvalue weighted by atomic mass is 32.2. The molecular weight excluding hydrogens is 471 g/mol. The zero-order valence-electron chi connectivity index (χ0n) is 18.7. The summed E-state index contributed by atoms with van der Waals surface area (Å²) in [5.74, 6) is -0.411. The molecule has 0 unspecified atom stereocenters. The van der Waals surface area contributed by atoms with E-state index in [1.807, 2.05) is 6.07 Å². The third kappa shape index (κ3) is 5.57. The minimum Gasteiger partial charge on any atom is -0.472 e. The zero-order chi connectivity index (χ0) is 24.2. The van der Waals surface area contributed by atoms with Crippen LogP contribution >= 0.6 is 11.8 Å². The number of hydrogen-bond acceptors (Lipinski definition) is 9. The van der Waals surface area contributed by atoms with Crippen molar-refractivity contribution in [3.8, 4) is 11.1 Å². The number of amides is 2. The standard InChI is InChI=1S/C24H23FN6O3S/c25-21-19(18(6-9-26-21)14-7-10-34-13-14)12-28-15-1-3-16(4-2-15)29-23-27-8-5-17(30-23)11-20-22(32)31-24(33)35-20/h5-11,13,15-16,28H,1-4,12H2,(H,27,29,30)(H,31,32,33)/b20-11-/t15-,16-. The highest BCUT2D eigenvalue weighted by molar-refractivity contribution is 8.18. The van der Waals surface area contributed by atoms with Crippen molar-refractivity contribution in [2.24, 2.45) is 0 Å². The molecule has 2 amide bonds. The Balaban J connectivity index is 1.15. The molecule has 9 nitrogen and oxygen atoms in total. The lowest BCUT2D eigenvalue weighted by atomic mass is 9.91. The molecule has 3 aromatic rings. The molecule has 1 aliphatic carbocycles. The third-order valence-electron chi connectivity index (χ3n) is 6.06. The first-order valence-corrected chi connectivity index (χ1v) is 12.1. The van der Waals surface area contributed by atoms with Gasteiger partial charge in [0.15, 0.2) is 0 Å². The van der Waals surface area contributed by atoms with Gasteiger partial charge in [-0.25, -0.2) is 15.0 Å². The Morgan fingerprint density at radius 1 is 1.11 bits per heavy atom. The molecule has 1 saturated heterocycles. The van der Waals surface area contributed by atoms with Crippen molar-refractivity contribution in [2.75, 3.05) is 5.32 Å². The summed E-state index contributed by atoms with van der Waals surface area (Å²) < 4.78 is 19.6. The van der Waals surface area contributed by atoms with Gasteiger partial charge in [0.1, 0.15) is 0 Å². The quantitative estimate of drug-likeness (QED) is 0.329. The number of rotatable bonds is 7. The maximum Gasteiger partial charge on any atom is 0.290 e. The fourth-order valence-corrected chi connectivity index (χ4v) is 4.94. The van der Waals surface area contributed by atoms with Gasteiger partial charge < -0.3 is 15.1 Å². The van der Waals surface area contributed by atoms with Gasteiger partial charge in [-0.15, -0.1) is 0 Å². The van der Waals surface area contributed by atoms with Crippen molar-refractivity contribution >= 4 is 34.9 Å². The van der Waals surface area contributed by atoms with Crippen LogP contribution < -0.4 is 16.0 Å². The molecule has 0 spiro atoms. The molecule has 2 fully saturated rings. The molecular formula is C24H23FN6O3S. The highest BCUT2D eigenvalue weighted by Crippen LogP contribution is 2.27.